The van der Waals surface area contributed by atoms with Gasteiger partial charge in [0.05, 0.1) is 11.7 Å². The molecule has 148 valence electrons. The Hall–Kier alpha value is -2.95. The fourth-order valence-corrected chi connectivity index (χ4v) is 3.18. The van der Waals surface area contributed by atoms with Crippen LogP contribution in [0, 0.1) is 0 Å². The van der Waals surface area contributed by atoms with Crippen LogP contribution in [0.4, 0.5) is 13.2 Å². The summed E-state index contributed by atoms with van der Waals surface area (Å²) >= 11 is 0. The Bertz CT molecular complexity index is 985. The molecule has 1 aliphatic rings. The Kier molecular flexibility index (Phi) is 4.75. The number of alkyl halides is 3. The Labute approximate surface area is 157 Å². The zero-order valence-electron chi connectivity index (χ0n) is 14.6. The van der Waals surface area contributed by atoms with Crippen molar-refractivity contribution in [3.8, 4) is 23.3 Å². The van der Waals surface area contributed by atoms with Gasteiger partial charge in [-0.3, -0.25) is 4.98 Å². The second-order valence-electron chi connectivity index (χ2n) is 6.48. The largest absolute Gasteiger partial charge is 0.493 e. The minimum absolute atomic E-state index is 0.169. The first-order valence-electron chi connectivity index (χ1n) is 8.70. The summed E-state index contributed by atoms with van der Waals surface area (Å²) in [6.45, 7) is 0.287. The quantitative estimate of drug-likeness (QED) is 0.701. The number of hydrogen-bond acceptors (Lipinski definition) is 7. The van der Waals surface area contributed by atoms with E-state index in [2.05, 4.69) is 30.0 Å². The lowest BCUT2D eigenvalue weighted by Crippen LogP contribution is -2.28. The monoisotopic (exact) mass is 394 g/mol. The Morgan fingerprint density at radius 1 is 1.21 bits per heavy atom. The van der Waals surface area contributed by atoms with Gasteiger partial charge in [0.1, 0.15) is 16.9 Å². The van der Waals surface area contributed by atoms with Gasteiger partial charge in [0.2, 0.25) is 5.88 Å². The maximum absolute atomic E-state index is 12.4. The van der Waals surface area contributed by atoms with Gasteiger partial charge >= 0.3 is 12.2 Å². The number of rotatable bonds is 4. The lowest BCUT2D eigenvalue weighted by atomic mass is 10.1. The van der Waals surface area contributed by atoms with Crippen LogP contribution in [-0.2, 0) is 0 Å². The van der Waals surface area contributed by atoms with Gasteiger partial charge < -0.3 is 19.7 Å². The molecule has 3 aromatic heterocycles. The normalized spacial score (nSPS) is 15.8. The van der Waals surface area contributed by atoms with Crippen molar-refractivity contribution in [3.63, 3.8) is 0 Å². The molecule has 28 heavy (non-hydrogen) atoms. The number of nitrogens with zero attached hydrogens (tertiary/aromatic N) is 5. The van der Waals surface area contributed by atoms with Crippen LogP contribution >= 0.6 is 0 Å². The van der Waals surface area contributed by atoms with Gasteiger partial charge in [-0.25, -0.2) is 4.98 Å². The first kappa shape index (κ1) is 18.4. The van der Waals surface area contributed by atoms with Crippen LogP contribution in [0.15, 0.2) is 24.8 Å². The first-order chi connectivity index (χ1) is 13.4. The minimum atomic E-state index is -4.54. The molecule has 11 heteroatoms. The Morgan fingerprint density at radius 2 is 2.00 bits per heavy atom. The third-order valence-corrected chi connectivity index (χ3v) is 4.51. The average Bonchev–Trinajstić information content (AvgIpc) is 3.16. The highest BCUT2D eigenvalue weighted by molar-refractivity contribution is 5.93. The molecule has 0 aromatic carbocycles. The summed E-state index contributed by atoms with van der Waals surface area (Å²) < 4.78 is 43.8. The van der Waals surface area contributed by atoms with Crippen LogP contribution in [0.5, 0.6) is 11.9 Å². The molecule has 1 aliphatic heterocycles. The van der Waals surface area contributed by atoms with E-state index in [0.29, 0.717) is 17.4 Å². The van der Waals surface area contributed by atoms with Crippen molar-refractivity contribution < 1.29 is 23.0 Å². The second kappa shape index (κ2) is 7.23. The van der Waals surface area contributed by atoms with Gasteiger partial charge in [-0.05, 0) is 32.0 Å². The number of hydrogen-bond donors (Lipinski definition) is 2. The zero-order valence-corrected chi connectivity index (χ0v) is 14.6. The fourth-order valence-electron chi connectivity index (χ4n) is 3.18. The van der Waals surface area contributed by atoms with Crippen molar-refractivity contribution >= 4 is 10.9 Å². The highest BCUT2D eigenvalue weighted by atomic mass is 19.4. The first-order valence-corrected chi connectivity index (χ1v) is 8.70. The van der Waals surface area contributed by atoms with Crippen molar-refractivity contribution in [1.29, 1.82) is 0 Å². The zero-order chi connectivity index (χ0) is 19.7. The smallest absolute Gasteiger partial charge is 0.422 e. The molecule has 0 spiro atoms. The van der Waals surface area contributed by atoms with Gasteiger partial charge in [-0.15, -0.1) is 0 Å². The van der Waals surface area contributed by atoms with Crippen molar-refractivity contribution in [1.82, 2.24) is 29.8 Å². The van der Waals surface area contributed by atoms with E-state index in [0.717, 1.165) is 25.9 Å². The van der Waals surface area contributed by atoms with Gasteiger partial charge in [-0.1, -0.05) is 0 Å². The van der Waals surface area contributed by atoms with Gasteiger partial charge in [0.25, 0.3) is 0 Å². The molecule has 0 aliphatic carbocycles. The van der Waals surface area contributed by atoms with E-state index in [1.807, 2.05) is 10.8 Å². The Morgan fingerprint density at radius 3 is 2.75 bits per heavy atom. The lowest BCUT2D eigenvalue weighted by Gasteiger charge is -2.23. The molecule has 4 heterocycles. The van der Waals surface area contributed by atoms with E-state index in [1.54, 1.807) is 6.33 Å². The molecule has 1 saturated heterocycles. The van der Waals surface area contributed by atoms with Crippen molar-refractivity contribution in [3.05, 3.63) is 24.8 Å². The van der Waals surface area contributed by atoms with E-state index in [9.17, 15) is 18.3 Å². The van der Waals surface area contributed by atoms with Gasteiger partial charge in [0, 0.05) is 18.4 Å². The minimum Gasteiger partial charge on any atom is -0.493 e. The lowest BCUT2D eigenvalue weighted by molar-refractivity contribution is -0.154. The number of aromatic hydroxyl groups is 1. The number of aromatic nitrogens is 5. The highest BCUT2D eigenvalue weighted by Gasteiger charge is 2.29. The van der Waals surface area contributed by atoms with Gasteiger partial charge in [-0.2, -0.15) is 23.1 Å². The number of halogens is 3. The van der Waals surface area contributed by atoms with Gasteiger partial charge in [0.15, 0.2) is 6.61 Å². The van der Waals surface area contributed by atoms with Crippen molar-refractivity contribution in [2.24, 2.45) is 0 Å². The molecule has 4 rings (SSSR count). The van der Waals surface area contributed by atoms with E-state index in [4.69, 9.17) is 0 Å². The molecule has 0 amide bonds. The molecule has 0 unspecified atom stereocenters. The summed E-state index contributed by atoms with van der Waals surface area (Å²) in [5.41, 5.74) is 1.01. The number of imidazole rings is 1. The van der Waals surface area contributed by atoms with Crippen LogP contribution in [0.25, 0.3) is 22.3 Å². The molecule has 0 radical (unpaired) electrons. The summed E-state index contributed by atoms with van der Waals surface area (Å²) in [6.07, 6.45) is 2.38. The van der Waals surface area contributed by atoms with E-state index in [-0.39, 0.29) is 10.9 Å². The number of nitrogens with one attached hydrogen (secondary N) is 1. The highest BCUT2D eigenvalue weighted by Crippen LogP contribution is 2.31. The van der Waals surface area contributed by atoms with Crippen LogP contribution in [0.1, 0.15) is 18.9 Å². The molecule has 2 N–H and O–H groups in total. The Balaban J connectivity index is 1.70. The molecule has 0 saturated carbocycles. The third kappa shape index (κ3) is 3.84. The molecule has 3 aromatic rings. The molecule has 0 atom stereocenters. The van der Waals surface area contributed by atoms with Crippen LogP contribution in [0.3, 0.4) is 0 Å². The maximum atomic E-state index is 12.4. The van der Waals surface area contributed by atoms with E-state index >= 15 is 0 Å². The predicted octanol–water partition coefficient (Wildman–Crippen LogP) is 2.46. The van der Waals surface area contributed by atoms with Crippen LogP contribution in [-0.4, -0.2) is 55.5 Å². The predicted molar refractivity (Wildman–Crippen MR) is 92.9 cm³/mol. The summed E-state index contributed by atoms with van der Waals surface area (Å²) in [5.74, 6) is -0.483. The SMILES string of the molecule is Oc1nc(OCC(F)(F)F)nc2c(-c3cn(C4CCNCC4)cn3)nccc12. The maximum Gasteiger partial charge on any atom is 0.422 e. The number of pyridine rings is 1. The molecular weight excluding hydrogens is 377 g/mol. The topological polar surface area (TPSA) is 98.0 Å². The van der Waals surface area contributed by atoms with Crippen molar-refractivity contribution in [2.75, 3.05) is 19.7 Å². The molecule has 8 nitrogen and oxygen atoms in total. The van der Waals surface area contributed by atoms with Crippen LogP contribution in [0.2, 0.25) is 0 Å². The fraction of sp³-hybridized carbons (Fsp3) is 0.412. The summed E-state index contributed by atoms with van der Waals surface area (Å²) in [6, 6.07) is 1.21. The second-order valence-corrected chi connectivity index (χ2v) is 6.48. The standard InChI is InChI=1S/C17H17F3N6O2/c18-17(19,20)8-28-16-24-13-11(15(27)25-16)3-6-22-14(13)12-7-26(9-23-12)10-1-4-21-5-2-10/h3,6-7,9-10,21H,1-2,4-5,8H2,(H,24,25,27). The average molecular weight is 394 g/mol. The molecule has 1 fully saturated rings. The number of fused-ring (bicyclic) bond motifs is 1. The van der Waals surface area contributed by atoms with E-state index in [1.165, 1.54) is 12.3 Å². The summed E-state index contributed by atoms with van der Waals surface area (Å²) in [5, 5.41) is 13.6. The number of ether oxygens (including phenoxy) is 1. The van der Waals surface area contributed by atoms with Crippen LogP contribution < -0.4 is 10.1 Å². The molecule has 0 bridgehead atoms. The third-order valence-electron chi connectivity index (χ3n) is 4.51. The number of piperidine rings is 1. The molecular formula is C17H17F3N6O2. The van der Waals surface area contributed by atoms with E-state index < -0.39 is 24.7 Å². The van der Waals surface area contributed by atoms with Crippen molar-refractivity contribution in [2.45, 2.75) is 25.1 Å². The summed E-state index contributed by atoms with van der Waals surface area (Å²) in [7, 11) is 0. The summed E-state index contributed by atoms with van der Waals surface area (Å²) in [4.78, 5) is 16.2.